The summed E-state index contributed by atoms with van der Waals surface area (Å²) < 4.78 is 0. The normalized spacial score (nSPS) is 12.5. The van der Waals surface area contributed by atoms with Gasteiger partial charge in [-0.1, -0.05) is 12.8 Å². The third-order valence-corrected chi connectivity index (χ3v) is 1.84. The van der Waals surface area contributed by atoms with E-state index in [0.717, 1.165) is 38.8 Å². The Labute approximate surface area is 80.0 Å². The lowest BCUT2D eigenvalue weighted by molar-refractivity contribution is -0.121. The van der Waals surface area contributed by atoms with Gasteiger partial charge in [-0.25, -0.2) is 0 Å². The molecule has 0 aliphatic carbocycles. The molecule has 78 valence electrons. The van der Waals surface area contributed by atoms with E-state index in [-0.39, 0.29) is 5.91 Å². The molecule has 0 saturated heterocycles. The van der Waals surface area contributed by atoms with E-state index in [1.165, 1.54) is 0 Å². The summed E-state index contributed by atoms with van der Waals surface area (Å²) in [5, 5.41) is 2.76. The van der Waals surface area contributed by atoms with E-state index in [1.54, 1.807) is 6.92 Å². The maximum atomic E-state index is 11.0. The van der Waals surface area contributed by atoms with Crippen LogP contribution in [-0.4, -0.2) is 25.0 Å². The Morgan fingerprint density at radius 1 is 1.31 bits per heavy atom. The zero-order chi connectivity index (χ0) is 10.1. The lowest BCUT2D eigenvalue weighted by Gasteiger charge is -2.06. The average molecular weight is 187 g/mol. The van der Waals surface area contributed by atoms with E-state index in [2.05, 4.69) is 5.32 Å². The Kier molecular flexibility index (Phi) is 7.63. The molecule has 1 amide bonds. The second-order valence-electron chi connectivity index (χ2n) is 3.28. The lowest BCUT2D eigenvalue weighted by atomic mass is 10.2. The maximum absolute atomic E-state index is 11.0. The maximum Gasteiger partial charge on any atom is 0.236 e. The van der Waals surface area contributed by atoms with Crippen molar-refractivity contribution in [3.63, 3.8) is 0 Å². The fourth-order valence-corrected chi connectivity index (χ4v) is 0.995. The molecule has 0 heterocycles. The number of carbonyl (C=O) groups is 1. The Bertz CT molecular complexity index is 137. The van der Waals surface area contributed by atoms with Crippen molar-refractivity contribution in [3.05, 3.63) is 0 Å². The summed E-state index contributed by atoms with van der Waals surface area (Å²) in [7, 11) is 0. The molecule has 0 saturated carbocycles. The molecular formula is C9H21N3O. The molecule has 1 unspecified atom stereocenters. The minimum Gasteiger partial charge on any atom is -0.355 e. The highest BCUT2D eigenvalue weighted by Gasteiger charge is 2.04. The molecule has 13 heavy (non-hydrogen) atoms. The molecule has 1 atom stereocenters. The Morgan fingerprint density at radius 3 is 2.46 bits per heavy atom. The van der Waals surface area contributed by atoms with Gasteiger partial charge in [0, 0.05) is 6.54 Å². The summed E-state index contributed by atoms with van der Waals surface area (Å²) >= 11 is 0. The molecule has 4 nitrogen and oxygen atoms in total. The van der Waals surface area contributed by atoms with Gasteiger partial charge in [0.1, 0.15) is 0 Å². The quantitative estimate of drug-likeness (QED) is 0.489. The van der Waals surface area contributed by atoms with Gasteiger partial charge in [-0.15, -0.1) is 0 Å². The van der Waals surface area contributed by atoms with Crippen LogP contribution in [0.3, 0.4) is 0 Å². The number of nitrogens with two attached hydrogens (primary N) is 2. The molecule has 0 fully saturated rings. The number of hydrogen-bond donors (Lipinski definition) is 3. The van der Waals surface area contributed by atoms with E-state index >= 15 is 0 Å². The van der Waals surface area contributed by atoms with E-state index in [4.69, 9.17) is 11.5 Å². The third kappa shape index (κ3) is 7.74. The molecule has 0 aromatic rings. The largest absolute Gasteiger partial charge is 0.355 e. The summed E-state index contributed by atoms with van der Waals surface area (Å²) in [4.78, 5) is 11.0. The SMILES string of the molecule is CC(N)C(=O)NCCCCCCN. The second kappa shape index (κ2) is 8.01. The molecule has 0 radical (unpaired) electrons. The number of nitrogens with one attached hydrogen (secondary N) is 1. The summed E-state index contributed by atoms with van der Waals surface area (Å²) in [6.45, 7) is 3.17. The van der Waals surface area contributed by atoms with E-state index in [0.29, 0.717) is 0 Å². The number of amides is 1. The van der Waals surface area contributed by atoms with Crippen molar-refractivity contribution in [1.82, 2.24) is 5.32 Å². The Balaban J connectivity index is 3.12. The van der Waals surface area contributed by atoms with Gasteiger partial charge >= 0.3 is 0 Å². The molecule has 0 aromatic heterocycles. The van der Waals surface area contributed by atoms with Crippen LogP contribution >= 0.6 is 0 Å². The number of carbonyl (C=O) groups excluding carboxylic acids is 1. The van der Waals surface area contributed by atoms with Gasteiger partial charge in [-0.2, -0.15) is 0 Å². The highest BCUT2D eigenvalue weighted by atomic mass is 16.2. The van der Waals surface area contributed by atoms with Crippen molar-refractivity contribution >= 4 is 5.91 Å². The Hall–Kier alpha value is -0.610. The first-order chi connectivity index (χ1) is 6.18. The standard InChI is InChI=1S/C9H21N3O/c1-8(11)9(13)12-7-5-3-2-4-6-10/h8H,2-7,10-11H2,1H3,(H,12,13). The zero-order valence-corrected chi connectivity index (χ0v) is 8.38. The minimum atomic E-state index is -0.399. The first-order valence-electron chi connectivity index (χ1n) is 4.92. The van der Waals surface area contributed by atoms with Crippen LogP contribution in [0.25, 0.3) is 0 Å². The minimum absolute atomic E-state index is 0.0705. The fourth-order valence-electron chi connectivity index (χ4n) is 0.995. The van der Waals surface area contributed by atoms with Gasteiger partial charge < -0.3 is 16.8 Å². The molecule has 0 aliphatic heterocycles. The molecule has 5 N–H and O–H groups in total. The average Bonchev–Trinajstić information content (AvgIpc) is 2.10. The monoisotopic (exact) mass is 187 g/mol. The van der Waals surface area contributed by atoms with E-state index < -0.39 is 6.04 Å². The van der Waals surface area contributed by atoms with Crippen molar-refractivity contribution in [2.45, 2.75) is 38.6 Å². The molecule has 4 heteroatoms. The summed E-state index contributed by atoms with van der Waals surface area (Å²) in [6, 6.07) is -0.399. The van der Waals surface area contributed by atoms with Crippen LogP contribution < -0.4 is 16.8 Å². The first-order valence-corrected chi connectivity index (χ1v) is 4.92. The number of rotatable bonds is 7. The predicted molar refractivity (Wildman–Crippen MR) is 54.2 cm³/mol. The van der Waals surface area contributed by atoms with Crippen LogP contribution in [-0.2, 0) is 4.79 Å². The van der Waals surface area contributed by atoms with Crippen LogP contribution in [0.15, 0.2) is 0 Å². The van der Waals surface area contributed by atoms with Crippen molar-refractivity contribution in [3.8, 4) is 0 Å². The van der Waals surface area contributed by atoms with Crippen LogP contribution in [0, 0.1) is 0 Å². The number of unbranched alkanes of at least 4 members (excludes halogenated alkanes) is 3. The summed E-state index contributed by atoms with van der Waals surface area (Å²) in [5.41, 5.74) is 10.7. The molecule has 0 rings (SSSR count). The number of hydrogen-bond acceptors (Lipinski definition) is 3. The van der Waals surface area contributed by atoms with Crippen molar-refractivity contribution in [2.24, 2.45) is 11.5 Å². The van der Waals surface area contributed by atoms with Crippen LogP contribution in [0.5, 0.6) is 0 Å². The topological polar surface area (TPSA) is 81.1 Å². The second-order valence-corrected chi connectivity index (χ2v) is 3.28. The van der Waals surface area contributed by atoms with Crippen molar-refractivity contribution < 1.29 is 4.79 Å². The van der Waals surface area contributed by atoms with Gasteiger partial charge in [-0.05, 0) is 26.3 Å². The summed E-state index contributed by atoms with van der Waals surface area (Å²) in [5.74, 6) is -0.0705. The van der Waals surface area contributed by atoms with Crippen LogP contribution in [0.1, 0.15) is 32.6 Å². The van der Waals surface area contributed by atoms with E-state index in [1.807, 2.05) is 0 Å². The molecular weight excluding hydrogens is 166 g/mol. The summed E-state index contributed by atoms with van der Waals surface area (Å²) in [6.07, 6.45) is 4.35. The predicted octanol–water partition coefficient (Wildman–Crippen LogP) is -0.0311. The van der Waals surface area contributed by atoms with Gasteiger partial charge in [0.25, 0.3) is 0 Å². The highest BCUT2D eigenvalue weighted by molar-refractivity contribution is 5.80. The van der Waals surface area contributed by atoms with E-state index in [9.17, 15) is 4.79 Å². The molecule has 0 aliphatic rings. The zero-order valence-electron chi connectivity index (χ0n) is 8.38. The van der Waals surface area contributed by atoms with Crippen LogP contribution in [0.2, 0.25) is 0 Å². The third-order valence-electron chi connectivity index (χ3n) is 1.84. The van der Waals surface area contributed by atoms with Gasteiger partial charge in [0.15, 0.2) is 0 Å². The van der Waals surface area contributed by atoms with Crippen molar-refractivity contribution in [1.29, 1.82) is 0 Å². The highest BCUT2D eigenvalue weighted by Crippen LogP contribution is 1.96. The Morgan fingerprint density at radius 2 is 1.92 bits per heavy atom. The van der Waals surface area contributed by atoms with Gasteiger partial charge in [0.05, 0.1) is 6.04 Å². The lowest BCUT2D eigenvalue weighted by Crippen LogP contribution is -2.38. The first kappa shape index (κ1) is 12.4. The van der Waals surface area contributed by atoms with Crippen molar-refractivity contribution in [2.75, 3.05) is 13.1 Å². The molecule has 0 aromatic carbocycles. The molecule has 0 bridgehead atoms. The van der Waals surface area contributed by atoms with Gasteiger partial charge in [0.2, 0.25) is 5.91 Å². The fraction of sp³-hybridized carbons (Fsp3) is 0.889. The van der Waals surface area contributed by atoms with Crippen LogP contribution in [0.4, 0.5) is 0 Å². The van der Waals surface area contributed by atoms with Gasteiger partial charge in [-0.3, -0.25) is 4.79 Å². The smallest absolute Gasteiger partial charge is 0.236 e. The molecule has 0 spiro atoms.